The molecule has 0 aliphatic carbocycles. The first-order chi connectivity index (χ1) is 12.4. The van der Waals surface area contributed by atoms with Gasteiger partial charge in [-0.1, -0.05) is 12.1 Å². The largest absolute Gasteiger partial charge is 0.325 e. The Morgan fingerprint density at radius 3 is 2.46 bits per heavy atom. The van der Waals surface area contributed by atoms with Crippen molar-refractivity contribution >= 4 is 11.9 Å². The van der Waals surface area contributed by atoms with Gasteiger partial charge in [0.1, 0.15) is 11.4 Å². The van der Waals surface area contributed by atoms with Crippen molar-refractivity contribution in [3.05, 3.63) is 35.6 Å². The number of carbonyl (C=O) groups excluding carboxylic acids is 2. The van der Waals surface area contributed by atoms with Gasteiger partial charge in [0.15, 0.2) is 0 Å². The van der Waals surface area contributed by atoms with E-state index >= 15 is 0 Å². The van der Waals surface area contributed by atoms with E-state index in [0.717, 1.165) is 31.5 Å². The van der Waals surface area contributed by atoms with Crippen molar-refractivity contribution in [2.24, 2.45) is 5.92 Å². The van der Waals surface area contributed by atoms with Crippen molar-refractivity contribution in [1.29, 1.82) is 0 Å². The van der Waals surface area contributed by atoms with Gasteiger partial charge < -0.3 is 15.5 Å². The Balaban J connectivity index is 1.89. The molecule has 0 radical (unpaired) electrons. The SMILES string of the molecule is CN(C)CCN1C(=O)NC(Cc2ccc(F)cc2)(C2CCNCC2)C1=O. The van der Waals surface area contributed by atoms with Crippen LogP contribution in [0.15, 0.2) is 24.3 Å². The number of carbonyl (C=O) groups is 2. The van der Waals surface area contributed by atoms with E-state index in [1.807, 2.05) is 19.0 Å². The zero-order valence-corrected chi connectivity index (χ0v) is 15.4. The molecule has 0 saturated carbocycles. The number of nitrogens with one attached hydrogen (secondary N) is 2. The van der Waals surface area contributed by atoms with Crippen LogP contribution in [0.2, 0.25) is 0 Å². The summed E-state index contributed by atoms with van der Waals surface area (Å²) in [4.78, 5) is 29.2. The fourth-order valence-electron chi connectivity index (χ4n) is 3.93. The summed E-state index contributed by atoms with van der Waals surface area (Å²) in [5, 5.41) is 6.33. The molecular formula is C19H27FN4O2. The van der Waals surface area contributed by atoms with E-state index in [1.165, 1.54) is 17.0 Å². The number of hydrogen-bond donors (Lipinski definition) is 2. The van der Waals surface area contributed by atoms with Crippen LogP contribution < -0.4 is 10.6 Å². The molecule has 3 amide bonds. The molecule has 2 saturated heterocycles. The molecule has 2 aliphatic heterocycles. The molecule has 26 heavy (non-hydrogen) atoms. The zero-order valence-electron chi connectivity index (χ0n) is 15.4. The Kier molecular flexibility index (Phi) is 5.58. The number of hydrogen-bond acceptors (Lipinski definition) is 4. The van der Waals surface area contributed by atoms with Crippen LogP contribution in [0.25, 0.3) is 0 Å². The number of likely N-dealkylation sites (N-methyl/N-ethyl adjacent to an activating group) is 1. The maximum atomic E-state index is 13.4. The molecule has 0 aromatic heterocycles. The molecule has 2 N–H and O–H groups in total. The van der Waals surface area contributed by atoms with Crippen LogP contribution in [0.5, 0.6) is 0 Å². The molecule has 1 aromatic carbocycles. The minimum Gasteiger partial charge on any atom is -0.322 e. The van der Waals surface area contributed by atoms with E-state index in [-0.39, 0.29) is 23.7 Å². The fourth-order valence-corrected chi connectivity index (χ4v) is 3.93. The van der Waals surface area contributed by atoms with Gasteiger partial charge in [-0.3, -0.25) is 9.69 Å². The third-order valence-corrected chi connectivity index (χ3v) is 5.41. The molecule has 142 valence electrons. The first-order valence-corrected chi connectivity index (χ1v) is 9.16. The molecule has 0 spiro atoms. The van der Waals surface area contributed by atoms with Gasteiger partial charge in [0.2, 0.25) is 0 Å². The van der Waals surface area contributed by atoms with Crippen molar-refractivity contribution in [1.82, 2.24) is 20.4 Å². The number of amides is 3. The highest BCUT2D eigenvalue weighted by atomic mass is 19.1. The Morgan fingerprint density at radius 2 is 1.85 bits per heavy atom. The summed E-state index contributed by atoms with van der Waals surface area (Å²) in [5.74, 6) is -0.394. The van der Waals surface area contributed by atoms with E-state index in [4.69, 9.17) is 0 Å². The van der Waals surface area contributed by atoms with Crippen LogP contribution in [-0.2, 0) is 11.2 Å². The lowest BCUT2D eigenvalue weighted by Crippen LogP contribution is -2.57. The Hall–Kier alpha value is -1.99. The van der Waals surface area contributed by atoms with Gasteiger partial charge in [-0.15, -0.1) is 0 Å². The van der Waals surface area contributed by atoms with E-state index in [0.29, 0.717) is 19.5 Å². The molecule has 6 nitrogen and oxygen atoms in total. The van der Waals surface area contributed by atoms with Crippen molar-refractivity contribution in [2.75, 3.05) is 40.3 Å². The summed E-state index contributed by atoms with van der Waals surface area (Å²) in [6.07, 6.45) is 2.05. The molecule has 2 heterocycles. The molecule has 3 rings (SSSR count). The molecular weight excluding hydrogens is 335 g/mol. The number of piperidine rings is 1. The second-order valence-electron chi connectivity index (χ2n) is 7.49. The van der Waals surface area contributed by atoms with Gasteiger partial charge in [-0.05, 0) is 63.6 Å². The highest BCUT2D eigenvalue weighted by molar-refractivity contribution is 6.07. The third-order valence-electron chi connectivity index (χ3n) is 5.41. The monoisotopic (exact) mass is 362 g/mol. The number of rotatable bonds is 6. The standard InChI is InChI=1S/C19H27FN4O2/c1-23(2)11-12-24-17(25)19(22-18(24)26,15-7-9-21-10-8-15)13-14-3-5-16(20)6-4-14/h3-6,15,21H,7-13H2,1-2H3,(H,22,26). The first kappa shape index (κ1) is 18.8. The van der Waals surface area contributed by atoms with Gasteiger partial charge in [0, 0.05) is 19.5 Å². The topological polar surface area (TPSA) is 64.7 Å². The van der Waals surface area contributed by atoms with Gasteiger partial charge >= 0.3 is 6.03 Å². The molecule has 1 atom stereocenters. The number of urea groups is 1. The number of imide groups is 1. The minimum atomic E-state index is -0.941. The van der Waals surface area contributed by atoms with Gasteiger partial charge in [0.05, 0.1) is 0 Å². The van der Waals surface area contributed by atoms with Crippen LogP contribution >= 0.6 is 0 Å². The second-order valence-corrected chi connectivity index (χ2v) is 7.49. The van der Waals surface area contributed by atoms with Crippen LogP contribution in [-0.4, -0.2) is 67.6 Å². The van der Waals surface area contributed by atoms with Gasteiger partial charge in [-0.25, -0.2) is 9.18 Å². The minimum absolute atomic E-state index is 0.0645. The summed E-state index contributed by atoms with van der Waals surface area (Å²) in [6.45, 7) is 2.65. The van der Waals surface area contributed by atoms with Crippen LogP contribution in [0, 0.1) is 11.7 Å². The summed E-state index contributed by atoms with van der Waals surface area (Å²) in [5.41, 5.74) is -0.0865. The van der Waals surface area contributed by atoms with E-state index in [9.17, 15) is 14.0 Å². The average Bonchev–Trinajstić information content (AvgIpc) is 2.87. The van der Waals surface area contributed by atoms with Crippen molar-refractivity contribution in [3.8, 4) is 0 Å². The van der Waals surface area contributed by atoms with E-state index in [2.05, 4.69) is 10.6 Å². The average molecular weight is 362 g/mol. The number of halogens is 1. The Labute approximate surface area is 153 Å². The highest BCUT2D eigenvalue weighted by Gasteiger charge is 2.55. The molecule has 2 fully saturated rings. The van der Waals surface area contributed by atoms with Crippen LogP contribution in [0.4, 0.5) is 9.18 Å². The summed E-state index contributed by atoms with van der Waals surface area (Å²) >= 11 is 0. The van der Waals surface area contributed by atoms with Crippen molar-refractivity contribution in [2.45, 2.75) is 24.8 Å². The number of benzene rings is 1. The summed E-state index contributed by atoms with van der Waals surface area (Å²) in [7, 11) is 3.83. The fraction of sp³-hybridized carbons (Fsp3) is 0.579. The quantitative estimate of drug-likeness (QED) is 0.747. The normalized spacial score (nSPS) is 24.4. The lowest BCUT2D eigenvalue weighted by atomic mass is 9.74. The lowest BCUT2D eigenvalue weighted by molar-refractivity contribution is -0.133. The zero-order chi connectivity index (χ0) is 18.7. The second kappa shape index (κ2) is 7.72. The van der Waals surface area contributed by atoms with Gasteiger partial charge in [-0.2, -0.15) is 0 Å². The predicted octanol–water partition coefficient (Wildman–Crippen LogP) is 1.22. The molecule has 1 aromatic rings. The maximum Gasteiger partial charge on any atom is 0.325 e. The van der Waals surface area contributed by atoms with Crippen LogP contribution in [0.1, 0.15) is 18.4 Å². The van der Waals surface area contributed by atoms with Crippen molar-refractivity contribution < 1.29 is 14.0 Å². The van der Waals surface area contributed by atoms with E-state index in [1.54, 1.807) is 12.1 Å². The maximum absolute atomic E-state index is 13.4. The van der Waals surface area contributed by atoms with Gasteiger partial charge in [0.25, 0.3) is 5.91 Å². The summed E-state index contributed by atoms with van der Waals surface area (Å²) in [6, 6.07) is 5.87. The van der Waals surface area contributed by atoms with Crippen molar-refractivity contribution in [3.63, 3.8) is 0 Å². The summed E-state index contributed by atoms with van der Waals surface area (Å²) < 4.78 is 13.3. The Morgan fingerprint density at radius 1 is 1.19 bits per heavy atom. The molecule has 0 bridgehead atoms. The third kappa shape index (κ3) is 3.73. The first-order valence-electron chi connectivity index (χ1n) is 9.16. The molecule has 2 aliphatic rings. The highest BCUT2D eigenvalue weighted by Crippen LogP contribution is 2.35. The van der Waals surface area contributed by atoms with E-state index < -0.39 is 5.54 Å². The smallest absolute Gasteiger partial charge is 0.322 e. The lowest BCUT2D eigenvalue weighted by Gasteiger charge is -2.38. The van der Waals surface area contributed by atoms with Crippen LogP contribution in [0.3, 0.4) is 0 Å². The number of nitrogens with zero attached hydrogens (tertiary/aromatic N) is 2. The molecule has 1 unspecified atom stereocenters. The molecule has 7 heteroatoms. The predicted molar refractivity (Wildman–Crippen MR) is 97.2 cm³/mol. The Bertz CT molecular complexity index is 658.